The van der Waals surface area contributed by atoms with Gasteiger partial charge in [0.1, 0.15) is 0 Å². The molecule has 0 aliphatic carbocycles. The molecule has 166 valence electrons. The van der Waals surface area contributed by atoms with Crippen LogP contribution in [0.5, 0.6) is 0 Å². The summed E-state index contributed by atoms with van der Waals surface area (Å²) in [7, 11) is 0. The zero-order valence-electron chi connectivity index (χ0n) is 18.0. The van der Waals surface area contributed by atoms with Crippen LogP contribution >= 0.6 is 24.0 Å². The minimum Gasteiger partial charge on any atom is -0.381 e. The van der Waals surface area contributed by atoms with Crippen LogP contribution in [0.4, 0.5) is 0 Å². The van der Waals surface area contributed by atoms with Crippen LogP contribution in [0.3, 0.4) is 0 Å². The fourth-order valence-electron chi connectivity index (χ4n) is 4.04. The van der Waals surface area contributed by atoms with Gasteiger partial charge in [0.25, 0.3) is 0 Å². The summed E-state index contributed by atoms with van der Waals surface area (Å²) in [5.41, 5.74) is 0. The Balaban J connectivity index is 0.00000300. The molecule has 2 atom stereocenters. The Kier molecular flexibility index (Phi) is 11.3. The maximum atomic E-state index is 5.87. The fraction of sp³-hybridized carbons (Fsp3) is 0.810. The van der Waals surface area contributed by atoms with Gasteiger partial charge < -0.3 is 24.3 Å². The molecule has 0 amide bonds. The minimum absolute atomic E-state index is 0. The molecule has 2 aliphatic rings. The Labute approximate surface area is 192 Å². The topological polar surface area (TPSA) is 63.9 Å². The number of nitrogens with one attached hydrogen (secondary N) is 1. The molecule has 1 N–H and O–H groups in total. The maximum Gasteiger partial charge on any atom is 0.193 e. The van der Waals surface area contributed by atoms with Crippen LogP contribution in [0.15, 0.2) is 23.7 Å². The van der Waals surface area contributed by atoms with Gasteiger partial charge in [0.2, 0.25) is 0 Å². The van der Waals surface area contributed by atoms with E-state index in [9.17, 15) is 0 Å². The zero-order chi connectivity index (χ0) is 19.6. The van der Waals surface area contributed by atoms with E-state index < -0.39 is 0 Å². The molecule has 0 saturated carbocycles. The molecule has 0 spiro atoms. The number of likely N-dealkylation sites (tertiary alicyclic amines) is 1. The quantitative estimate of drug-likeness (QED) is 0.248. The van der Waals surface area contributed by atoms with Crippen LogP contribution in [-0.4, -0.2) is 73.0 Å². The summed E-state index contributed by atoms with van der Waals surface area (Å²) < 4.78 is 13.5. The number of piperidine rings is 1. The highest BCUT2D eigenvalue weighted by Gasteiger charge is 2.28. The lowest BCUT2D eigenvalue weighted by molar-refractivity contribution is 0.0205. The van der Waals surface area contributed by atoms with Gasteiger partial charge in [-0.15, -0.1) is 24.0 Å². The Bertz CT molecular complexity index is 578. The van der Waals surface area contributed by atoms with Crippen molar-refractivity contribution in [1.29, 1.82) is 0 Å². The van der Waals surface area contributed by atoms with Gasteiger partial charge in [0.05, 0.1) is 12.4 Å². The van der Waals surface area contributed by atoms with Crippen LogP contribution in [0.2, 0.25) is 0 Å². The minimum atomic E-state index is 0. The molecule has 7 nitrogen and oxygen atoms in total. The van der Waals surface area contributed by atoms with Crippen molar-refractivity contribution in [3.8, 4) is 0 Å². The summed E-state index contributed by atoms with van der Waals surface area (Å²) in [6.07, 6.45) is 10.3. The van der Waals surface area contributed by atoms with Gasteiger partial charge in [-0.05, 0) is 44.4 Å². The molecule has 1 aromatic rings. The van der Waals surface area contributed by atoms with Crippen molar-refractivity contribution in [2.75, 3.05) is 52.6 Å². The number of nitrogens with zero attached hydrogens (tertiary/aromatic N) is 4. The first-order chi connectivity index (χ1) is 13.8. The number of hydrogen-bond acceptors (Lipinski definition) is 4. The van der Waals surface area contributed by atoms with E-state index in [1.807, 2.05) is 12.5 Å². The summed E-state index contributed by atoms with van der Waals surface area (Å²) in [5.74, 6) is 2.35. The molecule has 3 heterocycles. The van der Waals surface area contributed by atoms with Crippen LogP contribution in [0, 0.1) is 11.8 Å². The van der Waals surface area contributed by atoms with Gasteiger partial charge in [-0.2, -0.15) is 0 Å². The molecule has 2 unspecified atom stereocenters. The van der Waals surface area contributed by atoms with Gasteiger partial charge >= 0.3 is 0 Å². The van der Waals surface area contributed by atoms with Gasteiger partial charge in [-0.25, -0.2) is 4.98 Å². The van der Waals surface area contributed by atoms with Crippen molar-refractivity contribution in [2.45, 2.75) is 45.6 Å². The number of ether oxygens (including phenoxy) is 2. The second-order valence-electron chi connectivity index (χ2n) is 8.01. The van der Waals surface area contributed by atoms with Crippen molar-refractivity contribution < 1.29 is 9.47 Å². The number of halogens is 1. The van der Waals surface area contributed by atoms with E-state index in [1.165, 1.54) is 6.42 Å². The molecular formula is C21H38IN5O2. The predicted molar refractivity (Wildman–Crippen MR) is 127 cm³/mol. The molecule has 2 aliphatic heterocycles. The van der Waals surface area contributed by atoms with E-state index in [2.05, 4.69) is 39.8 Å². The first kappa shape index (κ1) is 24.4. The predicted octanol–water partition coefficient (Wildman–Crippen LogP) is 3.18. The van der Waals surface area contributed by atoms with E-state index >= 15 is 0 Å². The average molecular weight is 519 g/mol. The smallest absolute Gasteiger partial charge is 0.193 e. The number of rotatable bonds is 8. The van der Waals surface area contributed by atoms with Crippen molar-refractivity contribution in [3.05, 3.63) is 18.7 Å². The van der Waals surface area contributed by atoms with E-state index in [0.717, 1.165) is 77.8 Å². The van der Waals surface area contributed by atoms with Crippen molar-refractivity contribution in [2.24, 2.45) is 16.8 Å². The molecule has 0 radical (unpaired) electrons. The first-order valence-corrected chi connectivity index (χ1v) is 10.9. The zero-order valence-corrected chi connectivity index (χ0v) is 20.3. The Morgan fingerprint density at radius 2 is 2.14 bits per heavy atom. The third kappa shape index (κ3) is 7.71. The Morgan fingerprint density at radius 3 is 2.86 bits per heavy atom. The highest BCUT2D eigenvalue weighted by molar-refractivity contribution is 14.0. The summed E-state index contributed by atoms with van der Waals surface area (Å²) >= 11 is 0. The largest absolute Gasteiger partial charge is 0.381 e. The van der Waals surface area contributed by atoms with Crippen LogP contribution in [0.1, 0.15) is 45.6 Å². The third-order valence-electron chi connectivity index (χ3n) is 5.86. The van der Waals surface area contributed by atoms with Crippen LogP contribution in [-0.2, 0) is 9.47 Å². The van der Waals surface area contributed by atoms with Gasteiger partial charge in [-0.1, -0.05) is 6.92 Å². The first-order valence-electron chi connectivity index (χ1n) is 10.9. The SMILES string of the molecule is CCNC(=NCCCOCC1CCOCC1)N1CCC(C)C(n2ccnc2)C1.I. The molecular weight excluding hydrogens is 481 g/mol. The Morgan fingerprint density at radius 1 is 1.31 bits per heavy atom. The normalized spacial score (nSPS) is 23.7. The highest BCUT2D eigenvalue weighted by atomic mass is 127. The molecule has 1 aromatic heterocycles. The van der Waals surface area contributed by atoms with Crippen molar-refractivity contribution in [1.82, 2.24) is 19.8 Å². The lowest BCUT2D eigenvalue weighted by Gasteiger charge is -2.39. The standard InChI is InChI=1S/C21H37N5O2.HI/c1-3-23-21(24-8-4-12-28-16-19-6-13-27-14-7-19)25-10-5-18(2)20(15-25)26-11-9-22-17-26;/h9,11,17-20H,3-8,10,12-16H2,1-2H3,(H,23,24);1H. The van der Waals surface area contributed by atoms with E-state index in [1.54, 1.807) is 0 Å². The number of aromatic nitrogens is 2. The van der Waals surface area contributed by atoms with Gasteiger partial charge in [-0.3, -0.25) is 4.99 Å². The van der Waals surface area contributed by atoms with Crippen molar-refractivity contribution >= 4 is 29.9 Å². The monoisotopic (exact) mass is 519 g/mol. The van der Waals surface area contributed by atoms with Gasteiger partial charge in [0, 0.05) is 65.0 Å². The maximum absolute atomic E-state index is 5.87. The van der Waals surface area contributed by atoms with Gasteiger partial charge in [0.15, 0.2) is 5.96 Å². The molecule has 0 aromatic carbocycles. The number of guanidine groups is 1. The molecule has 8 heteroatoms. The molecule has 3 rings (SSSR count). The van der Waals surface area contributed by atoms with E-state index in [0.29, 0.717) is 17.9 Å². The number of hydrogen-bond donors (Lipinski definition) is 1. The second kappa shape index (κ2) is 13.4. The Hall–Kier alpha value is -0.870. The van der Waals surface area contributed by atoms with Crippen LogP contribution < -0.4 is 5.32 Å². The number of imidazole rings is 1. The molecule has 2 saturated heterocycles. The fourth-order valence-corrected chi connectivity index (χ4v) is 4.04. The lowest BCUT2D eigenvalue weighted by Crippen LogP contribution is -2.49. The molecule has 2 fully saturated rings. The highest BCUT2D eigenvalue weighted by Crippen LogP contribution is 2.27. The van der Waals surface area contributed by atoms with Crippen molar-refractivity contribution in [3.63, 3.8) is 0 Å². The third-order valence-corrected chi connectivity index (χ3v) is 5.86. The van der Waals surface area contributed by atoms with Crippen LogP contribution in [0.25, 0.3) is 0 Å². The summed E-state index contributed by atoms with van der Waals surface area (Å²) in [6, 6.07) is 0.447. The summed E-state index contributed by atoms with van der Waals surface area (Å²) in [6.45, 7) is 11.6. The second-order valence-corrected chi connectivity index (χ2v) is 8.01. The number of aliphatic imine (C=N–C) groups is 1. The van der Waals surface area contributed by atoms with E-state index in [-0.39, 0.29) is 24.0 Å². The van der Waals surface area contributed by atoms with E-state index in [4.69, 9.17) is 14.5 Å². The molecule has 0 bridgehead atoms. The summed E-state index contributed by atoms with van der Waals surface area (Å²) in [5, 5.41) is 3.47. The molecule has 29 heavy (non-hydrogen) atoms. The lowest BCUT2D eigenvalue weighted by atomic mass is 9.93. The average Bonchev–Trinajstić information content (AvgIpc) is 3.25. The summed E-state index contributed by atoms with van der Waals surface area (Å²) in [4.78, 5) is 11.5.